The lowest BCUT2D eigenvalue weighted by molar-refractivity contribution is -0.123. The Morgan fingerprint density at radius 2 is 1.93 bits per heavy atom. The van der Waals surface area contributed by atoms with E-state index in [4.69, 9.17) is 4.74 Å². The number of nitrogens with zero attached hydrogens (tertiary/aromatic N) is 2. The number of hydrogen-bond donors (Lipinski definition) is 1. The minimum atomic E-state index is -0.170. The number of benzene rings is 1. The van der Waals surface area contributed by atoms with Crippen molar-refractivity contribution in [3.05, 3.63) is 40.7 Å². The molecule has 0 aliphatic rings. The molecule has 6 nitrogen and oxygen atoms in total. The van der Waals surface area contributed by atoms with Gasteiger partial charge in [0, 0.05) is 25.0 Å². The molecule has 1 aromatic carbocycles. The van der Waals surface area contributed by atoms with Gasteiger partial charge in [-0.1, -0.05) is 32.4 Å². The van der Waals surface area contributed by atoms with Gasteiger partial charge in [-0.15, -0.1) is 0 Å². The summed E-state index contributed by atoms with van der Waals surface area (Å²) in [5.74, 6) is 0.275. The number of carbonyl (C=O) groups is 1. The smallest absolute Gasteiger partial charge is 0.257 e. The zero-order chi connectivity index (χ0) is 19.6. The second-order valence-corrected chi connectivity index (χ2v) is 6.70. The Kier molecular flexibility index (Phi) is 8.33. The minimum absolute atomic E-state index is 0.0928. The molecule has 1 heterocycles. The number of aryl methyl sites for hydroxylation is 1. The Balaban J connectivity index is 1.82. The standard InChI is InChI=1S/C21H31N3O3/c1-4-6-13-24(5-2)14-9-12-22-20(25)16-27-19-15-21(26)23(3)18-11-8-7-10-17(18)19/h7-8,10-11,15H,4-6,9,12-14,16H2,1-3H3,(H,22,25). The quantitative estimate of drug-likeness (QED) is 0.615. The monoisotopic (exact) mass is 373 g/mol. The van der Waals surface area contributed by atoms with Crippen LogP contribution in [0.2, 0.25) is 0 Å². The summed E-state index contributed by atoms with van der Waals surface area (Å²) in [7, 11) is 1.72. The highest BCUT2D eigenvalue weighted by Gasteiger charge is 2.09. The molecule has 1 aromatic heterocycles. The highest BCUT2D eigenvalue weighted by Crippen LogP contribution is 2.22. The van der Waals surface area contributed by atoms with Gasteiger partial charge in [-0.05, 0) is 44.6 Å². The van der Waals surface area contributed by atoms with Crippen molar-refractivity contribution in [3.8, 4) is 5.75 Å². The number of rotatable bonds is 11. The molecule has 0 saturated carbocycles. The number of amides is 1. The summed E-state index contributed by atoms with van der Waals surface area (Å²) in [6.07, 6.45) is 3.32. The second kappa shape index (κ2) is 10.7. The van der Waals surface area contributed by atoms with Crippen molar-refractivity contribution in [2.45, 2.75) is 33.1 Å². The predicted molar refractivity (Wildman–Crippen MR) is 109 cm³/mol. The molecule has 0 atom stereocenters. The summed E-state index contributed by atoms with van der Waals surface area (Å²) in [6.45, 7) is 8.02. The molecular weight excluding hydrogens is 342 g/mol. The van der Waals surface area contributed by atoms with Gasteiger partial charge in [-0.2, -0.15) is 0 Å². The second-order valence-electron chi connectivity index (χ2n) is 6.70. The van der Waals surface area contributed by atoms with Crippen LogP contribution < -0.4 is 15.6 Å². The number of fused-ring (bicyclic) bond motifs is 1. The van der Waals surface area contributed by atoms with Crippen LogP contribution in [0.1, 0.15) is 33.1 Å². The Labute approximate surface area is 161 Å². The molecule has 0 aliphatic heterocycles. The lowest BCUT2D eigenvalue weighted by Crippen LogP contribution is -2.33. The molecule has 0 saturated heterocycles. The van der Waals surface area contributed by atoms with Gasteiger partial charge in [-0.3, -0.25) is 9.59 Å². The van der Waals surface area contributed by atoms with Crippen molar-refractivity contribution in [1.29, 1.82) is 0 Å². The first-order valence-corrected chi connectivity index (χ1v) is 9.77. The van der Waals surface area contributed by atoms with Crippen LogP contribution in [0.4, 0.5) is 0 Å². The van der Waals surface area contributed by atoms with E-state index in [1.807, 2.05) is 24.3 Å². The van der Waals surface area contributed by atoms with Gasteiger partial charge in [0.15, 0.2) is 6.61 Å². The molecule has 0 radical (unpaired) electrons. The Morgan fingerprint density at radius 1 is 1.19 bits per heavy atom. The molecule has 1 amide bonds. The molecule has 0 aliphatic carbocycles. The molecule has 27 heavy (non-hydrogen) atoms. The van der Waals surface area contributed by atoms with E-state index in [2.05, 4.69) is 24.1 Å². The average molecular weight is 373 g/mol. The molecule has 0 unspecified atom stereocenters. The maximum absolute atomic E-state index is 12.1. The largest absolute Gasteiger partial charge is 0.483 e. The van der Waals surface area contributed by atoms with Gasteiger partial charge in [-0.25, -0.2) is 0 Å². The van der Waals surface area contributed by atoms with E-state index in [0.717, 1.165) is 37.0 Å². The number of carbonyl (C=O) groups excluding carboxylic acids is 1. The first-order valence-electron chi connectivity index (χ1n) is 9.77. The lowest BCUT2D eigenvalue weighted by atomic mass is 10.2. The van der Waals surface area contributed by atoms with E-state index in [9.17, 15) is 9.59 Å². The molecular formula is C21H31N3O3. The van der Waals surface area contributed by atoms with Gasteiger partial charge in [0.25, 0.3) is 11.5 Å². The number of pyridine rings is 1. The molecule has 2 rings (SSSR count). The third kappa shape index (κ3) is 6.10. The maximum Gasteiger partial charge on any atom is 0.257 e. The van der Waals surface area contributed by atoms with E-state index in [0.29, 0.717) is 12.3 Å². The highest BCUT2D eigenvalue weighted by atomic mass is 16.5. The van der Waals surface area contributed by atoms with E-state index in [1.165, 1.54) is 18.9 Å². The fourth-order valence-corrected chi connectivity index (χ4v) is 3.03. The molecule has 0 bridgehead atoms. The Hall–Kier alpha value is -2.34. The molecule has 148 valence electrons. The third-order valence-corrected chi connectivity index (χ3v) is 4.72. The summed E-state index contributed by atoms with van der Waals surface area (Å²) in [4.78, 5) is 26.5. The van der Waals surface area contributed by atoms with Crippen LogP contribution in [-0.4, -0.2) is 48.2 Å². The summed E-state index contributed by atoms with van der Waals surface area (Å²) >= 11 is 0. The number of hydrogen-bond acceptors (Lipinski definition) is 4. The van der Waals surface area contributed by atoms with Crippen LogP contribution in [-0.2, 0) is 11.8 Å². The predicted octanol–water partition coefficient (Wildman–Crippen LogP) is 2.55. The first-order chi connectivity index (χ1) is 13.1. The van der Waals surface area contributed by atoms with Gasteiger partial charge in [0.05, 0.1) is 5.52 Å². The molecule has 1 N–H and O–H groups in total. The fraction of sp³-hybridized carbons (Fsp3) is 0.524. The van der Waals surface area contributed by atoms with E-state index in [-0.39, 0.29) is 18.1 Å². The number of aromatic nitrogens is 1. The van der Waals surface area contributed by atoms with Crippen molar-refractivity contribution < 1.29 is 9.53 Å². The molecule has 0 spiro atoms. The van der Waals surface area contributed by atoms with Crippen LogP contribution >= 0.6 is 0 Å². The summed E-state index contributed by atoms with van der Waals surface area (Å²) < 4.78 is 7.20. The summed E-state index contributed by atoms with van der Waals surface area (Å²) in [5, 5.41) is 3.71. The fourth-order valence-electron chi connectivity index (χ4n) is 3.03. The molecule has 2 aromatic rings. The van der Waals surface area contributed by atoms with Crippen molar-refractivity contribution in [2.75, 3.05) is 32.8 Å². The third-order valence-electron chi connectivity index (χ3n) is 4.72. The normalized spacial score (nSPS) is 11.1. The van der Waals surface area contributed by atoms with Crippen LogP contribution in [0.5, 0.6) is 5.75 Å². The minimum Gasteiger partial charge on any atom is -0.483 e. The maximum atomic E-state index is 12.1. The SMILES string of the molecule is CCCCN(CC)CCCNC(=O)COc1cc(=O)n(C)c2ccccc12. The topological polar surface area (TPSA) is 63.6 Å². The van der Waals surface area contributed by atoms with Gasteiger partial charge in [0.1, 0.15) is 5.75 Å². The Morgan fingerprint density at radius 3 is 2.67 bits per heavy atom. The summed E-state index contributed by atoms with van der Waals surface area (Å²) in [6, 6.07) is 8.94. The zero-order valence-corrected chi connectivity index (χ0v) is 16.7. The van der Waals surface area contributed by atoms with Crippen LogP contribution in [0.25, 0.3) is 10.9 Å². The highest BCUT2D eigenvalue weighted by molar-refractivity contribution is 5.86. The van der Waals surface area contributed by atoms with Crippen LogP contribution in [0.15, 0.2) is 35.1 Å². The Bertz CT molecular complexity index is 801. The molecule has 0 fully saturated rings. The van der Waals surface area contributed by atoms with Crippen molar-refractivity contribution in [2.24, 2.45) is 7.05 Å². The zero-order valence-electron chi connectivity index (χ0n) is 16.7. The van der Waals surface area contributed by atoms with Gasteiger partial charge in [0.2, 0.25) is 0 Å². The van der Waals surface area contributed by atoms with E-state index < -0.39 is 0 Å². The molecule has 6 heteroatoms. The van der Waals surface area contributed by atoms with Crippen LogP contribution in [0.3, 0.4) is 0 Å². The van der Waals surface area contributed by atoms with Gasteiger partial charge < -0.3 is 19.5 Å². The lowest BCUT2D eigenvalue weighted by Gasteiger charge is -2.19. The first kappa shape index (κ1) is 21.0. The summed E-state index contributed by atoms with van der Waals surface area (Å²) in [5.41, 5.74) is 0.628. The van der Waals surface area contributed by atoms with E-state index >= 15 is 0 Å². The van der Waals surface area contributed by atoms with E-state index in [1.54, 1.807) is 11.6 Å². The number of nitrogens with one attached hydrogen (secondary N) is 1. The van der Waals surface area contributed by atoms with Crippen molar-refractivity contribution >= 4 is 16.8 Å². The number of para-hydroxylation sites is 1. The number of ether oxygens (including phenoxy) is 1. The van der Waals surface area contributed by atoms with Crippen LogP contribution in [0, 0.1) is 0 Å². The van der Waals surface area contributed by atoms with Gasteiger partial charge >= 0.3 is 0 Å². The average Bonchev–Trinajstić information content (AvgIpc) is 2.69. The van der Waals surface area contributed by atoms with Crippen molar-refractivity contribution in [1.82, 2.24) is 14.8 Å². The number of unbranched alkanes of at least 4 members (excludes halogenated alkanes) is 1. The van der Waals surface area contributed by atoms with Crippen molar-refractivity contribution in [3.63, 3.8) is 0 Å².